The molecule has 2 rings (SSSR count). The van der Waals surface area contributed by atoms with Crippen molar-refractivity contribution < 1.29 is 4.74 Å². The van der Waals surface area contributed by atoms with Crippen LogP contribution < -0.4 is 4.74 Å². The van der Waals surface area contributed by atoms with E-state index in [2.05, 4.69) is 27.6 Å². The Bertz CT molecular complexity index is 314. The summed E-state index contributed by atoms with van der Waals surface area (Å²) in [7, 11) is 0. The summed E-state index contributed by atoms with van der Waals surface area (Å²) < 4.78 is 6.59. The van der Waals surface area contributed by atoms with Gasteiger partial charge in [-0.2, -0.15) is 0 Å². The predicted octanol–water partition coefficient (Wildman–Crippen LogP) is 3.13. The molecule has 4 heteroatoms. The largest absolute Gasteiger partial charge is 0.490 e. The molecule has 0 amide bonds. The van der Waals surface area contributed by atoms with E-state index in [1.807, 2.05) is 6.07 Å². The average molecular weight is 310 g/mol. The maximum Gasteiger partial charge on any atom is 0.171 e. The first-order valence-electron chi connectivity index (χ1n) is 4.19. The summed E-state index contributed by atoms with van der Waals surface area (Å²) in [6, 6.07) is 1.91. The molecule has 1 fully saturated rings. The van der Waals surface area contributed by atoms with Crippen LogP contribution in [-0.4, -0.2) is 11.6 Å². The van der Waals surface area contributed by atoms with E-state index in [-0.39, 0.29) is 0 Å². The lowest BCUT2D eigenvalue weighted by Gasteiger charge is -2.06. The van der Waals surface area contributed by atoms with Gasteiger partial charge in [0.1, 0.15) is 0 Å². The van der Waals surface area contributed by atoms with Crippen molar-refractivity contribution >= 4 is 34.2 Å². The molecule has 0 bridgehead atoms. The summed E-state index contributed by atoms with van der Waals surface area (Å²) in [5.41, 5.74) is 0. The molecule has 1 aliphatic rings. The van der Waals surface area contributed by atoms with E-state index in [9.17, 15) is 0 Å². The van der Waals surface area contributed by atoms with E-state index in [0.29, 0.717) is 10.9 Å². The van der Waals surface area contributed by atoms with E-state index < -0.39 is 0 Å². The second-order valence-corrected chi connectivity index (χ2v) is 4.80. The molecular formula is C9H9ClINO. The maximum absolute atomic E-state index is 5.86. The van der Waals surface area contributed by atoms with Crippen molar-refractivity contribution in [1.29, 1.82) is 0 Å². The molecule has 2 nitrogen and oxygen atoms in total. The monoisotopic (exact) mass is 309 g/mol. The fraction of sp³-hybridized carbons (Fsp3) is 0.444. The Labute approximate surface area is 95.8 Å². The smallest absolute Gasteiger partial charge is 0.171 e. The summed E-state index contributed by atoms with van der Waals surface area (Å²) in [6.07, 6.45) is 4.30. The summed E-state index contributed by atoms with van der Waals surface area (Å²) in [5, 5.41) is 0.459. The van der Waals surface area contributed by atoms with E-state index >= 15 is 0 Å². The van der Waals surface area contributed by atoms with E-state index in [1.165, 1.54) is 12.8 Å². The summed E-state index contributed by atoms with van der Waals surface area (Å²) in [5.74, 6) is 1.45. The minimum Gasteiger partial charge on any atom is -0.490 e. The van der Waals surface area contributed by atoms with Gasteiger partial charge in [0.2, 0.25) is 0 Å². The molecule has 1 aromatic rings. The Hall–Kier alpha value is -0.0300. The van der Waals surface area contributed by atoms with Gasteiger partial charge in [0.25, 0.3) is 0 Å². The molecule has 0 atom stereocenters. The second-order valence-electron chi connectivity index (χ2n) is 3.20. The van der Waals surface area contributed by atoms with Gasteiger partial charge < -0.3 is 4.74 Å². The van der Waals surface area contributed by atoms with Gasteiger partial charge in [0.15, 0.2) is 10.9 Å². The Kier molecular flexibility index (Phi) is 2.93. The minimum absolute atomic E-state index is 0.459. The zero-order chi connectivity index (χ0) is 9.26. The molecule has 0 radical (unpaired) electrons. The molecule has 1 aliphatic carbocycles. The first-order chi connectivity index (χ1) is 6.25. The third-order valence-corrected chi connectivity index (χ3v) is 2.82. The van der Waals surface area contributed by atoms with Gasteiger partial charge in [-0.1, -0.05) is 11.6 Å². The van der Waals surface area contributed by atoms with Crippen LogP contribution in [0.25, 0.3) is 0 Å². The number of halogens is 2. The predicted molar refractivity (Wildman–Crippen MR) is 60.2 cm³/mol. The van der Waals surface area contributed by atoms with Gasteiger partial charge in [-0.3, -0.25) is 0 Å². The quantitative estimate of drug-likeness (QED) is 0.632. The highest BCUT2D eigenvalue weighted by Crippen LogP contribution is 2.31. The Morgan fingerprint density at radius 1 is 1.62 bits per heavy atom. The van der Waals surface area contributed by atoms with Crippen molar-refractivity contribution in [3.05, 3.63) is 21.0 Å². The van der Waals surface area contributed by atoms with Gasteiger partial charge in [0, 0.05) is 9.77 Å². The van der Waals surface area contributed by atoms with Crippen LogP contribution in [0.5, 0.6) is 5.75 Å². The number of ether oxygens (including phenoxy) is 1. The van der Waals surface area contributed by atoms with Crippen LogP contribution in [0, 0.1) is 9.49 Å². The normalized spacial score (nSPS) is 15.8. The van der Waals surface area contributed by atoms with Crippen LogP contribution in [0.4, 0.5) is 0 Å². The molecule has 70 valence electrons. The van der Waals surface area contributed by atoms with Gasteiger partial charge >= 0.3 is 0 Å². The first-order valence-corrected chi connectivity index (χ1v) is 5.65. The van der Waals surface area contributed by atoms with E-state index in [4.69, 9.17) is 16.3 Å². The number of pyridine rings is 1. The summed E-state index contributed by atoms with van der Waals surface area (Å²) in [6.45, 7) is 0.779. The Balaban J connectivity index is 2.03. The standard InChI is InChI=1S/C9H9ClINO/c10-9-8(3-7(11)4-12-9)13-5-6-1-2-6/h3-4,6H,1-2,5H2. The van der Waals surface area contributed by atoms with Gasteiger partial charge in [0.05, 0.1) is 6.61 Å². The van der Waals surface area contributed by atoms with Crippen molar-refractivity contribution in [1.82, 2.24) is 4.98 Å². The highest BCUT2D eigenvalue weighted by molar-refractivity contribution is 14.1. The molecule has 0 unspecified atom stereocenters. The number of nitrogens with zero attached hydrogens (tertiary/aromatic N) is 1. The van der Waals surface area contributed by atoms with E-state index in [0.717, 1.165) is 16.1 Å². The second kappa shape index (κ2) is 4.00. The number of rotatable bonds is 3. The van der Waals surface area contributed by atoms with Crippen LogP contribution >= 0.6 is 34.2 Å². The molecule has 1 saturated carbocycles. The lowest BCUT2D eigenvalue weighted by molar-refractivity contribution is 0.298. The van der Waals surface area contributed by atoms with Gasteiger partial charge in [-0.15, -0.1) is 0 Å². The number of aromatic nitrogens is 1. The molecule has 0 aliphatic heterocycles. The molecule has 0 saturated heterocycles. The molecule has 1 aromatic heterocycles. The van der Waals surface area contributed by atoms with Crippen molar-refractivity contribution in [3.63, 3.8) is 0 Å². The molecule has 0 aromatic carbocycles. The van der Waals surface area contributed by atoms with E-state index in [1.54, 1.807) is 6.20 Å². The lowest BCUT2D eigenvalue weighted by atomic mass is 10.4. The lowest BCUT2D eigenvalue weighted by Crippen LogP contribution is -2.00. The molecule has 1 heterocycles. The topological polar surface area (TPSA) is 22.1 Å². The SMILES string of the molecule is Clc1ncc(I)cc1OCC1CC1. The summed E-state index contributed by atoms with van der Waals surface area (Å²) in [4.78, 5) is 4.01. The molecular weight excluding hydrogens is 300 g/mol. The maximum atomic E-state index is 5.86. The number of hydrogen-bond acceptors (Lipinski definition) is 2. The van der Waals surface area contributed by atoms with Crippen molar-refractivity contribution in [2.45, 2.75) is 12.8 Å². The first kappa shape index (κ1) is 9.52. The molecule has 13 heavy (non-hydrogen) atoms. The van der Waals surface area contributed by atoms with Crippen molar-refractivity contribution in [2.24, 2.45) is 5.92 Å². The number of hydrogen-bond donors (Lipinski definition) is 0. The van der Waals surface area contributed by atoms with Crippen LogP contribution in [0.2, 0.25) is 5.15 Å². The molecule has 0 spiro atoms. The van der Waals surface area contributed by atoms with Crippen LogP contribution in [0.3, 0.4) is 0 Å². The Morgan fingerprint density at radius 2 is 2.38 bits per heavy atom. The molecule has 0 N–H and O–H groups in total. The minimum atomic E-state index is 0.459. The Morgan fingerprint density at radius 3 is 3.08 bits per heavy atom. The van der Waals surface area contributed by atoms with Crippen LogP contribution in [0.1, 0.15) is 12.8 Å². The third kappa shape index (κ3) is 2.71. The van der Waals surface area contributed by atoms with Gasteiger partial charge in [-0.25, -0.2) is 4.98 Å². The average Bonchev–Trinajstić information content (AvgIpc) is 2.90. The zero-order valence-electron chi connectivity index (χ0n) is 6.96. The summed E-state index contributed by atoms with van der Waals surface area (Å²) >= 11 is 8.05. The van der Waals surface area contributed by atoms with Gasteiger partial charge in [-0.05, 0) is 47.4 Å². The fourth-order valence-electron chi connectivity index (χ4n) is 0.997. The highest BCUT2D eigenvalue weighted by Gasteiger charge is 2.22. The van der Waals surface area contributed by atoms with Crippen LogP contribution in [0.15, 0.2) is 12.3 Å². The van der Waals surface area contributed by atoms with Crippen LogP contribution in [-0.2, 0) is 0 Å². The third-order valence-electron chi connectivity index (χ3n) is 1.94. The van der Waals surface area contributed by atoms with Crippen molar-refractivity contribution in [3.8, 4) is 5.75 Å². The fourth-order valence-corrected chi connectivity index (χ4v) is 1.58. The zero-order valence-corrected chi connectivity index (χ0v) is 9.88. The van der Waals surface area contributed by atoms with Crippen molar-refractivity contribution in [2.75, 3.05) is 6.61 Å². The highest BCUT2D eigenvalue weighted by atomic mass is 127.